The third kappa shape index (κ3) is 6.23. The van der Waals surface area contributed by atoms with E-state index in [2.05, 4.69) is 10.6 Å². The highest BCUT2D eigenvalue weighted by Crippen LogP contribution is 2.16. The first-order valence-electron chi connectivity index (χ1n) is 6.57. The highest BCUT2D eigenvalue weighted by molar-refractivity contribution is 6.30. The monoisotopic (exact) mass is 300 g/mol. The van der Waals surface area contributed by atoms with Crippen molar-refractivity contribution in [3.05, 3.63) is 34.9 Å². The summed E-state index contributed by atoms with van der Waals surface area (Å²) in [6.07, 6.45) is 1.75. The molecule has 1 aromatic carbocycles. The number of nitrogens with one attached hydrogen (secondary N) is 2. The summed E-state index contributed by atoms with van der Waals surface area (Å²) in [5, 5.41) is 15.4. The Morgan fingerprint density at radius 2 is 2.05 bits per heavy atom. The Morgan fingerprint density at radius 1 is 1.35 bits per heavy atom. The lowest BCUT2D eigenvalue weighted by atomic mass is 10.1. The zero-order valence-corrected chi connectivity index (χ0v) is 12.3. The highest BCUT2D eigenvalue weighted by Gasteiger charge is 2.12. The number of aliphatic hydroxyl groups is 1. The van der Waals surface area contributed by atoms with Gasteiger partial charge in [0.1, 0.15) is 0 Å². The smallest absolute Gasteiger partial charge is 0.315 e. The molecule has 3 N–H and O–H groups in total. The van der Waals surface area contributed by atoms with Gasteiger partial charge in [-0.3, -0.25) is 0 Å². The number of aliphatic hydroxyl groups excluding tert-OH is 1. The van der Waals surface area contributed by atoms with E-state index in [1.54, 1.807) is 31.4 Å². The average molecular weight is 301 g/mol. The lowest BCUT2D eigenvalue weighted by Crippen LogP contribution is -2.39. The first-order chi connectivity index (χ1) is 9.67. The molecule has 0 aliphatic rings. The Morgan fingerprint density at radius 3 is 2.65 bits per heavy atom. The Kier molecular flexibility index (Phi) is 8.02. The molecule has 5 nitrogen and oxygen atoms in total. The van der Waals surface area contributed by atoms with Crippen molar-refractivity contribution in [3.8, 4) is 0 Å². The second kappa shape index (κ2) is 9.58. The Labute approximate surface area is 124 Å². The van der Waals surface area contributed by atoms with Crippen molar-refractivity contribution in [3.63, 3.8) is 0 Å². The molecule has 1 atom stereocenters. The van der Waals surface area contributed by atoms with Crippen molar-refractivity contribution in [2.75, 3.05) is 26.9 Å². The molecule has 0 saturated heterocycles. The van der Waals surface area contributed by atoms with E-state index >= 15 is 0 Å². The van der Waals surface area contributed by atoms with Crippen LogP contribution < -0.4 is 10.6 Å². The van der Waals surface area contributed by atoms with Crippen molar-refractivity contribution < 1.29 is 14.6 Å². The normalized spacial score (nSPS) is 11.9. The molecular weight excluding hydrogens is 280 g/mol. The quantitative estimate of drug-likeness (QED) is 0.644. The predicted molar refractivity (Wildman–Crippen MR) is 78.9 cm³/mol. The number of urea groups is 1. The second-order valence-electron chi connectivity index (χ2n) is 4.39. The Bertz CT molecular complexity index is 398. The van der Waals surface area contributed by atoms with E-state index in [0.717, 1.165) is 18.4 Å². The van der Waals surface area contributed by atoms with E-state index in [1.165, 1.54) is 0 Å². The number of hydrogen-bond donors (Lipinski definition) is 3. The molecule has 0 heterocycles. The van der Waals surface area contributed by atoms with Crippen molar-refractivity contribution in [2.45, 2.75) is 18.9 Å². The van der Waals surface area contributed by atoms with Crippen molar-refractivity contribution >= 4 is 17.6 Å². The predicted octanol–water partition coefficient (Wildman–Crippen LogP) is 2.10. The molecule has 20 heavy (non-hydrogen) atoms. The number of halogens is 1. The highest BCUT2D eigenvalue weighted by atomic mass is 35.5. The van der Waals surface area contributed by atoms with Crippen LogP contribution in [0, 0.1) is 0 Å². The average Bonchev–Trinajstić information content (AvgIpc) is 2.45. The van der Waals surface area contributed by atoms with Crippen LogP contribution in [0.3, 0.4) is 0 Å². The number of unbranched alkanes of at least 4 members (excludes halogenated alkanes) is 1. The van der Waals surface area contributed by atoms with Gasteiger partial charge in [-0.15, -0.1) is 0 Å². The van der Waals surface area contributed by atoms with Crippen LogP contribution in [0.1, 0.15) is 24.4 Å². The van der Waals surface area contributed by atoms with Gasteiger partial charge in [0.15, 0.2) is 0 Å². The first-order valence-corrected chi connectivity index (χ1v) is 6.94. The molecule has 0 fully saturated rings. The fraction of sp³-hybridized carbons (Fsp3) is 0.500. The van der Waals surface area contributed by atoms with Gasteiger partial charge in [0.2, 0.25) is 0 Å². The maximum atomic E-state index is 11.7. The minimum Gasteiger partial charge on any atom is -0.394 e. The van der Waals surface area contributed by atoms with Gasteiger partial charge in [-0.05, 0) is 30.5 Å². The van der Waals surface area contributed by atoms with Gasteiger partial charge in [-0.1, -0.05) is 23.7 Å². The zero-order chi connectivity index (χ0) is 14.8. The molecule has 0 saturated carbocycles. The summed E-state index contributed by atoms with van der Waals surface area (Å²) in [4.78, 5) is 11.7. The summed E-state index contributed by atoms with van der Waals surface area (Å²) >= 11 is 5.80. The number of ether oxygens (including phenoxy) is 1. The van der Waals surface area contributed by atoms with Crippen LogP contribution in [0.4, 0.5) is 4.79 Å². The number of carbonyl (C=O) groups excluding carboxylic acids is 1. The zero-order valence-electron chi connectivity index (χ0n) is 11.6. The fourth-order valence-electron chi connectivity index (χ4n) is 1.71. The van der Waals surface area contributed by atoms with Gasteiger partial charge in [0, 0.05) is 25.3 Å². The van der Waals surface area contributed by atoms with E-state index in [4.69, 9.17) is 16.3 Å². The summed E-state index contributed by atoms with van der Waals surface area (Å²) < 4.78 is 4.93. The fourth-order valence-corrected chi connectivity index (χ4v) is 1.84. The Balaban J connectivity index is 2.36. The molecule has 2 amide bonds. The van der Waals surface area contributed by atoms with E-state index in [1.807, 2.05) is 0 Å². The summed E-state index contributed by atoms with van der Waals surface area (Å²) in [5.74, 6) is 0. The first kappa shape index (κ1) is 16.8. The van der Waals surface area contributed by atoms with Crippen LogP contribution in [-0.2, 0) is 4.74 Å². The largest absolute Gasteiger partial charge is 0.394 e. The van der Waals surface area contributed by atoms with Crippen LogP contribution in [0.15, 0.2) is 24.3 Å². The third-order valence-electron chi connectivity index (χ3n) is 2.82. The molecule has 6 heteroatoms. The van der Waals surface area contributed by atoms with Gasteiger partial charge in [0.25, 0.3) is 0 Å². The van der Waals surface area contributed by atoms with Crippen molar-refractivity contribution in [2.24, 2.45) is 0 Å². The summed E-state index contributed by atoms with van der Waals surface area (Å²) in [6, 6.07) is 6.28. The van der Waals surface area contributed by atoms with Crippen molar-refractivity contribution in [1.82, 2.24) is 10.6 Å². The number of methoxy groups -OCH3 is 1. The molecule has 0 radical (unpaired) electrons. The third-order valence-corrected chi connectivity index (χ3v) is 3.07. The minimum absolute atomic E-state index is 0.168. The van der Waals surface area contributed by atoms with Crippen molar-refractivity contribution in [1.29, 1.82) is 0 Å². The van der Waals surface area contributed by atoms with Gasteiger partial charge in [-0.2, -0.15) is 0 Å². The van der Waals surface area contributed by atoms with E-state index in [9.17, 15) is 9.90 Å². The standard InChI is InChI=1S/C14H21ClN2O3/c1-20-9-3-2-8-16-14(19)17-13(10-18)11-4-6-12(15)7-5-11/h4-7,13,18H,2-3,8-10H2,1H3,(H2,16,17,19). The van der Waals surface area contributed by atoms with E-state index < -0.39 is 6.04 Å². The van der Waals surface area contributed by atoms with Crippen LogP contribution >= 0.6 is 11.6 Å². The maximum absolute atomic E-state index is 11.7. The Hall–Kier alpha value is -1.30. The lowest BCUT2D eigenvalue weighted by molar-refractivity contribution is 0.192. The van der Waals surface area contributed by atoms with Gasteiger partial charge in [0.05, 0.1) is 12.6 Å². The summed E-state index contributed by atoms with van der Waals surface area (Å²) in [6.45, 7) is 1.10. The van der Waals surface area contributed by atoms with Crippen LogP contribution in [-0.4, -0.2) is 38.0 Å². The summed E-state index contributed by atoms with van der Waals surface area (Å²) in [5.41, 5.74) is 0.812. The second-order valence-corrected chi connectivity index (χ2v) is 4.82. The molecule has 112 valence electrons. The van der Waals surface area contributed by atoms with Crippen LogP contribution in [0.5, 0.6) is 0 Å². The topological polar surface area (TPSA) is 70.6 Å². The molecule has 1 unspecified atom stereocenters. The number of amides is 2. The van der Waals surface area contributed by atoms with Gasteiger partial charge >= 0.3 is 6.03 Å². The maximum Gasteiger partial charge on any atom is 0.315 e. The molecule has 0 spiro atoms. The number of hydrogen-bond acceptors (Lipinski definition) is 3. The van der Waals surface area contributed by atoms with E-state index in [0.29, 0.717) is 18.2 Å². The minimum atomic E-state index is -0.439. The van der Waals surface area contributed by atoms with E-state index in [-0.39, 0.29) is 12.6 Å². The summed E-state index contributed by atoms with van der Waals surface area (Å²) in [7, 11) is 1.65. The molecular formula is C14H21ClN2O3. The molecule has 0 bridgehead atoms. The molecule has 0 aliphatic carbocycles. The molecule has 1 aromatic rings. The molecule has 0 aliphatic heterocycles. The van der Waals surface area contributed by atoms with Gasteiger partial charge < -0.3 is 20.5 Å². The molecule has 1 rings (SSSR count). The van der Waals surface area contributed by atoms with Crippen LogP contribution in [0.2, 0.25) is 5.02 Å². The molecule has 0 aromatic heterocycles. The number of rotatable bonds is 8. The van der Waals surface area contributed by atoms with Gasteiger partial charge in [-0.25, -0.2) is 4.79 Å². The number of carbonyl (C=O) groups is 1. The SMILES string of the molecule is COCCCCNC(=O)NC(CO)c1ccc(Cl)cc1. The number of benzene rings is 1. The lowest BCUT2D eigenvalue weighted by Gasteiger charge is -2.17. The van der Waals surface area contributed by atoms with Crippen LogP contribution in [0.25, 0.3) is 0 Å².